The van der Waals surface area contributed by atoms with Crippen LogP contribution in [0.5, 0.6) is 0 Å². The Bertz CT molecular complexity index is 872. The van der Waals surface area contributed by atoms with Crippen molar-refractivity contribution in [3.05, 3.63) is 52.3 Å². The normalized spacial score (nSPS) is 11.1. The van der Waals surface area contributed by atoms with E-state index in [9.17, 15) is 17.6 Å². The summed E-state index contributed by atoms with van der Waals surface area (Å²) in [5.74, 6) is -1.18. The minimum Gasteiger partial charge on any atom is -0.324 e. The molecule has 0 spiro atoms. The van der Waals surface area contributed by atoms with Crippen molar-refractivity contribution in [3.63, 3.8) is 0 Å². The van der Waals surface area contributed by atoms with Gasteiger partial charge in [0.2, 0.25) is 5.91 Å². The van der Waals surface area contributed by atoms with Crippen LogP contribution in [0, 0.1) is 5.82 Å². The summed E-state index contributed by atoms with van der Waals surface area (Å²) in [7, 11) is -4.03. The van der Waals surface area contributed by atoms with Gasteiger partial charge in [0, 0.05) is 11.9 Å². The maximum Gasteiger partial charge on any atom is 0.263 e. The Morgan fingerprint density at radius 2 is 1.83 bits per heavy atom. The molecule has 2 aromatic rings. The van der Waals surface area contributed by atoms with Crippen LogP contribution < -0.4 is 10.0 Å². The molecule has 5 nitrogen and oxygen atoms in total. The second-order valence-electron chi connectivity index (χ2n) is 4.56. The summed E-state index contributed by atoms with van der Waals surface area (Å²) >= 11 is 11.7. The van der Waals surface area contributed by atoms with Gasteiger partial charge in [-0.25, -0.2) is 12.8 Å². The quantitative estimate of drug-likeness (QED) is 0.849. The Morgan fingerprint density at radius 3 is 2.48 bits per heavy atom. The predicted molar refractivity (Wildman–Crippen MR) is 88.0 cm³/mol. The molecule has 23 heavy (non-hydrogen) atoms. The summed E-state index contributed by atoms with van der Waals surface area (Å²) in [6, 6.07) is 7.41. The number of sulfonamides is 1. The number of halogens is 3. The first-order valence-corrected chi connectivity index (χ1v) is 8.48. The van der Waals surface area contributed by atoms with Crippen molar-refractivity contribution in [2.45, 2.75) is 11.8 Å². The van der Waals surface area contributed by atoms with E-state index in [1.807, 2.05) is 0 Å². The van der Waals surface area contributed by atoms with Crippen molar-refractivity contribution < 1.29 is 17.6 Å². The second-order valence-corrected chi connectivity index (χ2v) is 7.05. The number of amides is 1. The first-order chi connectivity index (χ1) is 10.7. The summed E-state index contributed by atoms with van der Waals surface area (Å²) in [6.45, 7) is 1.21. The molecule has 0 atom stereocenters. The summed E-state index contributed by atoms with van der Waals surface area (Å²) < 4.78 is 40.5. The van der Waals surface area contributed by atoms with Gasteiger partial charge in [-0.3, -0.25) is 9.52 Å². The average Bonchev–Trinajstić information content (AvgIpc) is 2.44. The van der Waals surface area contributed by atoms with Gasteiger partial charge in [-0.15, -0.1) is 0 Å². The fourth-order valence-corrected chi connectivity index (χ4v) is 3.58. The smallest absolute Gasteiger partial charge is 0.263 e. The van der Waals surface area contributed by atoms with Crippen LogP contribution in [0.25, 0.3) is 0 Å². The Morgan fingerprint density at radius 1 is 1.13 bits per heavy atom. The first kappa shape index (κ1) is 17.5. The Balaban J connectivity index is 2.37. The van der Waals surface area contributed by atoms with Gasteiger partial charge in [0.05, 0.1) is 16.4 Å². The SMILES string of the molecule is CC(=O)Nc1cc(NS(=O)(=O)c2cc(Cl)ccc2Cl)ccc1F. The number of hydrogen-bond acceptors (Lipinski definition) is 3. The van der Waals surface area contributed by atoms with Gasteiger partial charge in [0.25, 0.3) is 10.0 Å². The molecule has 9 heteroatoms. The average molecular weight is 377 g/mol. The van der Waals surface area contributed by atoms with E-state index in [2.05, 4.69) is 10.0 Å². The number of hydrogen-bond donors (Lipinski definition) is 2. The Labute approximate surface area is 142 Å². The van der Waals surface area contributed by atoms with Crippen LogP contribution >= 0.6 is 23.2 Å². The van der Waals surface area contributed by atoms with Crippen LogP contribution in [0.4, 0.5) is 15.8 Å². The number of rotatable bonds is 4. The highest BCUT2D eigenvalue weighted by atomic mass is 35.5. The van der Waals surface area contributed by atoms with E-state index in [1.54, 1.807) is 0 Å². The van der Waals surface area contributed by atoms with Gasteiger partial charge >= 0.3 is 0 Å². The van der Waals surface area contributed by atoms with Crippen molar-refractivity contribution >= 4 is 50.5 Å². The van der Waals surface area contributed by atoms with Gasteiger partial charge in [0.15, 0.2) is 0 Å². The zero-order valence-corrected chi connectivity index (χ0v) is 14.1. The minimum absolute atomic E-state index is 0.00824. The molecule has 0 aliphatic heterocycles. The number of nitrogens with one attached hydrogen (secondary N) is 2. The van der Waals surface area contributed by atoms with Crippen LogP contribution in [0.2, 0.25) is 10.0 Å². The largest absolute Gasteiger partial charge is 0.324 e. The zero-order valence-electron chi connectivity index (χ0n) is 11.7. The number of benzene rings is 2. The fraction of sp³-hybridized carbons (Fsp3) is 0.0714. The van der Waals surface area contributed by atoms with Gasteiger partial charge in [-0.2, -0.15) is 0 Å². The van der Waals surface area contributed by atoms with Gasteiger partial charge < -0.3 is 5.32 Å². The molecule has 0 saturated heterocycles. The predicted octanol–water partition coefficient (Wildman–Crippen LogP) is 3.89. The Hall–Kier alpha value is -1.83. The molecule has 2 rings (SSSR count). The van der Waals surface area contributed by atoms with Crippen LogP contribution in [0.1, 0.15) is 6.92 Å². The molecule has 0 aromatic heterocycles. The van der Waals surface area contributed by atoms with E-state index in [4.69, 9.17) is 23.2 Å². The lowest BCUT2D eigenvalue weighted by Crippen LogP contribution is -2.14. The highest BCUT2D eigenvalue weighted by molar-refractivity contribution is 7.92. The molecule has 0 unspecified atom stereocenters. The molecule has 122 valence electrons. The van der Waals surface area contributed by atoms with Crippen molar-refractivity contribution in [3.8, 4) is 0 Å². The summed E-state index contributed by atoms with van der Waals surface area (Å²) in [6.07, 6.45) is 0. The third-order valence-electron chi connectivity index (χ3n) is 2.71. The molecule has 0 saturated carbocycles. The van der Waals surface area contributed by atoms with Crippen LogP contribution in [-0.4, -0.2) is 14.3 Å². The molecule has 0 heterocycles. The molecule has 0 fully saturated rings. The molecule has 2 N–H and O–H groups in total. The van der Waals surface area contributed by atoms with Crippen LogP contribution in [-0.2, 0) is 14.8 Å². The molecule has 0 aliphatic rings. The lowest BCUT2D eigenvalue weighted by Gasteiger charge is -2.11. The third kappa shape index (κ3) is 4.34. The van der Waals surface area contributed by atoms with Crippen molar-refractivity contribution in [1.82, 2.24) is 0 Å². The topological polar surface area (TPSA) is 75.3 Å². The van der Waals surface area contributed by atoms with E-state index in [-0.39, 0.29) is 26.3 Å². The molecular weight excluding hydrogens is 366 g/mol. The van der Waals surface area contributed by atoms with Gasteiger partial charge in [0.1, 0.15) is 10.7 Å². The number of carbonyl (C=O) groups excluding carboxylic acids is 1. The van der Waals surface area contributed by atoms with Crippen molar-refractivity contribution in [2.75, 3.05) is 10.0 Å². The van der Waals surface area contributed by atoms with E-state index in [0.717, 1.165) is 12.1 Å². The maximum atomic E-state index is 13.6. The monoisotopic (exact) mass is 376 g/mol. The second kappa shape index (κ2) is 6.74. The molecule has 0 radical (unpaired) electrons. The number of anilines is 2. The maximum absolute atomic E-state index is 13.6. The van der Waals surface area contributed by atoms with E-state index in [0.29, 0.717) is 0 Å². The van der Waals surface area contributed by atoms with Gasteiger partial charge in [-0.05, 0) is 36.4 Å². The molecular formula is C14H11Cl2FN2O3S. The molecule has 0 bridgehead atoms. The van der Waals surface area contributed by atoms with Crippen molar-refractivity contribution in [1.29, 1.82) is 0 Å². The van der Waals surface area contributed by atoms with Crippen LogP contribution in [0.15, 0.2) is 41.3 Å². The number of carbonyl (C=O) groups is 1. The summed E-state index contributed by atoms with van der Waals surface area (Å²) in [4.78, 5) is 10.8. The fourth-order valence-electron chi connectivity index (χ4n) is 1.77. The van der Waals surface area contributed by atoms with Crippen LogP contribution in [0.3, 0.4) is 0 Å². The Kier molecular flexibility index (Phi) is 5.13. The highest BCUT2D eigenvalue weighted by Crippen LogP contribution is 2.28. The lowest BCUT2D eigenvalue weighted by molar-refractivity contribution is -0.114. The molecule has 0 aliphatic carbocycles. The minimum atomic E-state index is -4.03. The summed E-state index contributed by atoms with van der Waals surface area (Å²) in [5, 5.41) is 2.46. The molecule has 1 amide bonds. The highest BCUT2D eigenvalue weighted by Gasteiger charge is 2.19. The van der Waals surface area contributed by atoms with E-state index < -0.39 is 21.7 Å². The third-order valence-corrected chi connectivity index (χ3v) is 4.81. The molecule has 2 aromatic carbocycles. The van der Waals surface area contributed by atoms with E-state index in [1.165, 1.54) is 31.2 Å². The lowest BCUT2D eigenvalue weighted by atomic mass is 10.2. The standard InChI is InChI=1S/C14H11Cl2FN2O3S/c1-8(20)18-13-7-10(3-5-12(13)17)19-23(21,22)14-6-9(15)2-4-11(14)16/h2-7,19H,1H3,(H,18,20). The zero-order chi connectivity index (χ0) is 17.2. The van der Waals surface area contributed by atoms with Crippen molar-refractivity contribution in [2.24, 2.45) is 0 Å². The van der Waals surface area contributed by atoms with E-state index >= 15 is 0 Å². The summed E-state index contributed by atoms with van der Waals surface area (Å²) in [5.41, 5.74) is -0.0823. The first-order valence-electron chi connectivity index (χ1n) is 6.24. The van der Waals surface area contributed by atoms with Gasteiger partial charge in [-0.1, -0.05) is 23.2 Å².